The number of benzene rings is 7. The molecule has 7 aromatic carbocycles. The van der Waals surface area contributed by atoms with Crippen LogP contribution >= 0.6 is 0 Å². The van der Waals surface area contributed by atoms with Gasteiger partial charge in [-0.1, -0.05) is 140 Å². The van der Waals surface area contributed by atoms with Gasteiger partial charge in [-0.15, -0.1) is 0 Å². The second kappa shape index (κ2) is 12.9. The summed E-state index contributed by atoms with van der Waals surface area (Å²) in [6, 6.07) is 52.6. The normalized spacial score (nSPS) is 15.0. The van der Waals surface area contributed by atoms with Crippen LogP contribution in [0.3, 0.4) is 0 Å². The van der Waals surface area contributed by atoms with Crippen LogP contribution in [0.25, 0.3) is 72.0 Å². The van der Waals surface area contributed by atoms with Crippen LogP contribution in [0.5, 0.6) is 0 Å². The van der Waals surface area contributed by atoms with Crippen LogP contribution in [-0.2, 0) is 6.42 Å². The lowest BCUT2D eigenvalue weighted by Gasteiger charge is -2.27. The summed E-state index contributed by atoms with van der Waals surface area (Å²) in [7, 11) is 0. The SMILES string of the molecule is C1=CCC(c2cccc(-c3cc4c(oc5cccc(N(c6cccc(-c7ccccc7)c6)c6cccc7c8c(oc67)C=CCC8)c54)c4ccccc34)c2)C=C1. The predicted molar refractivity (Wildman–Crippen MR) is 230 cm³/mol. The second-order valence-corrected chi connectivity index (χ2v) is 14.7. The quantitative estimate of drug-likeness (QED) is 0.172. The molecule has 0 N–H and O–H groups in total. The van der Waals surface area contributed by atoms with E-state index in [0.29, 0.717) is 5.92 Å². The number of aryl methyl sites for hydroxylation is 1. The summed E-state index contributed by atoms with van der Waals surface area (Å²) < 4.78 is 13.7. The molecule has 3 nitrogen and oxygen atoms in total. The van der Waals surface area contributed by atoms with Crippen molar-refractivity contribution in [2.45, 2.75) is 25.2 Å². The molecule has 0 saturated carbocycles. The van der Waals surface area contributed by atoms with Gasteiger partial charge in [0.05, 0.1) is 16.8 Å². The van der Waals surface area contributed by atoms with Crippen molar-refractivity contribution >= 4 is 66.8 Å². The van der Waals surface area contributed by atoms with Gasteiger partial charge >= 0.3 is 0 Å². The maximum absolute atomic E-state index is 6.91. The van der Waals surface area contributed by atoms with Gasteiger partial charge in [0.1, 0.15) is 16.9 Å². The Kier molecular flexibility index (Phi) is 7.44. The van der Waals surface area contributed by atoms with Gasteiger partial charge in [0.2, 0.25) is 0 Å². The first-order valence-electron chi connectivity index (χ1n) is 19.3. The van der Waals surface area contributed by atoms with Gasteiger partial charge in [-0.25, -0.2) is 0 Å². The Morgan fingerprint density at radius 1 is 0.545 bits per heavy atom. The molecular weight excluding hydrogens is 671 g/mol. The van der Waals surface area contributed by atoms with E-state index in [1.54, 1.807) is 0 Å². The van der Waals surface area contributed by atoms with Gasteiger partial charge < -0.3 is 13.7 Å². The monoisotopic (exact) mass is 707 g/mol. The summed E-state index contributed by atoms with van der Waals surface area (Å²) in [6.45, 7) is 0. The molecule has 0 bridgehead atoms. The fourth-order valence-corrected chi connectivity index (χ4v) is 8.84. The molecule has 2 aliphatic rings. The Hall–Kier alpha value is -6.84. The fraction of sp³-hybridized carbons (Fsp3) is 0.0769. The maximum Gasteiger partial charge on any atom is 0.159 e. The summed E-state index contributed by atoms with van der Waals surface area (Å²) >= 11 is 0. The zero-order chi connectivity index (χ0) is 36.3. The Bertz CT molecular complexity index is 3030. The maximum atomic E-state index is 6.91. The average Bonchev–Trinajstić information content (AvgIpc) is 3.84. The van der Waals surface area contributed by atoms with Crippen molar-refractivity contribution in [1.29, 1.82) is 0 Å². The summed E-state index contributed by atoms with van der Waals surface area (Å²) in [6.07, 6.45) is 16.2. The minimum atomic E-state index is 0.368. The summed E-state index contributed by atoms with van der Waals surface area (Å²) in [4.78, 5) is 2.38. The van der Waals surface area contributed by atoms with Gasteiger partial charge in [-0.3, -0.25) is 0 Å². The molecular formula is C52H37NO2. The number of furan rings is 2. The van der Waals surface area contributed by atoms with E-state index < -0.39 is 0 Å². The molecule has 0 amide bonds. The highest BCUT2D eigenvalue weighted by Crippen LogP contribution is 2.49. The molecule has 0 spiro atoms. The molecule has 2 heterocycles. The molecule has 0 fully saturated rings. The Balaban J connectivity index is 1.19. The van der Waals surface area contributed by atoms with Crippen LogP contribution in [0.2, 0.25) is 0 Å². The average molecular weight is 708 g/mol. The Labute approximate surface area is 319 Å². The third-order valence-electron chi connectivity index (χ3n) is 11.4. The zero-order valence-electron chi connectivity index (χ0n) is 30.3. The lowest BCUT2D eigenvalue weighted by atomic mass is 9.89. The third-order valence-corrected chi connectivity index (χ3v) is 11.4. The Morgan fingerprint density at radius 2 is 1.33 bits per heavy atom. The standard InChI is InChI=1S/C52H37NO2/c1-3-15-34(16-4-1)36-19-11-21-38(31-36)44-33-45-50-46(27-14-30-49(50)55-51(45)42-25-8-7-23-40(42)44)53(39-22-12-20-37(32-39)35-17-5-2-6-18-35)47-28-13-26-43-41-24-9-10-29-48(41)54-52(43)47/h1-8,10-15,17-23,25-34H,9,16,24H2. The fourth-order valence-electron chi connectivity index (χ4n) is 8.84. The first kappa shape index (κ1) is 31.7. The van der Waals surface area contributed by atoms with Gasteiger partial charge in [0, 0.05) is 33.3 Å². The van der Waals surface area contributed by atoms with Gasteiger partial charge in [-0.2, -0.15) is 0 Å². The topological polar surface area (TPSA) is 29.5 Å². The molecule has 3 heteroatoms. The van der Waals surface area contributed by atoms with Crippen molar-refractivity contribution in [1.82, 2.24) is 0 Å². The number of rotatable bonds is 6. The first-order valence-corrected chi connectivity index (χ1v) is 19.3. The van der Waals surface area contributed by atoms with E-state index in [4.69, 9.17) is 8.83 Å². The summed E-state index contributed by atoms with van der Waals surface area (Å²) in [5.41, 5.74) is 13.0. The molecule has 2 aromatic heterocycles. The van der Waals surface area contributed by atoms with Crippen molar-refractivity contribution < 1.29 is 8.83 Å². The van der Waals surface area contributed by atoms with E-state index in [9.17, 15) is 0 Å². The van der Waals surface area contributed by atoms with E-state index in [-0.39, 0.29) is 0 Å². The van der Waals surface area contributed by atoms with E-state index in [2.05, 4.69) is 187 Å². The minimum Gasteiger partial charge on any atom is -0.455 e. The third kappa shape index (κ3) is 5.26. The number of hydrogen-bond donors (Lipinski definition) is 0. The van der Waals surface area contributed by atoms with Crippen molar-refractivity contribution in [2.24, 2.45) is 0 Å². The molecule has 0 saturated heterocycles. The van der Waals surface area contributed by atoms with Crippen LogP contribution < -0.4 is 4.90 Å². The van der Waals surface area contributed by atoms with Gasteiger partial charge in [0.25, 0.3) is 0 Å². The van der Waals surface area contributed by atoms with Crippen LogP contribution in [0.15, 0.2) is 185 Å². The number of anilines is 3. The van der Waals surface area contributed by atoms with E-state index in [0.717, 1.165) is 80.6 Å². The molecule has 2 aliphatic carbocycles. The van der Waals surface area contributed by atoms with Crippen LogP contribution in [0.1, 0.15) is 35.6 Å². The number of allylic oxidation sites excluding steroid dienone is 5. The second-order valence-electron chi connectivity index (χ2n) is 14.7. The molecule has 11 rings (SSSR count). The highest BCUT2D eigenvalue weighted by Gasteiger charge is 2.26. The van der Waals surface area contributed by atoms with E-state index in [1.807, 2.05) is 0 Å². The summed E-state index contributed by atoms with van der Waals surface area (Å²) in [5.74, 6) is 1.32. The Morgan fingerprint density at radius 3 is 2.24 bits per heavy atom. The summed E-state index contributed by atoms with van der Waals surface area (Å²) in [5, 5.41) is 5.61. The zero-order valence-corrected chi connectivity index (χ0v) is 30.3. The largest absolute Gasteiger partial charge is 0.455 e. The number of para-hydroxylation sites is 1. The molecule has 9 aromatic rings. The van der Waals surface area contributed by atoms with Crippen LogP contribution in [0, 0.1) is 0 Å². The molecule has 0 aliphatic heterocycles. The lowest BCUT2D eigenvalue weighted by Crippen LogP contribution is -2.10. The first-order chi connectivity index (χ1) is 27.3. The van der Waals surface area contributed by atoms with E-state index in [1.165, 1.54) is 38.6 Å². The van der Waals surface area contributed by atoms with Crippen LogP contribution in [0.4, 0.5) is 17.1 Å². The van der Waals surface area contributed by atoms with Gasteiger partial charge in [0.15, 0.2) is 5.58 Å². The highest BCUT2D eigenvalue weighted by atomic mass is 16.3. The minimum absolute atomic E-state index is 0.368. The lowest BCUT2D eigenvalue weighted by molar-refractivity contribution is 0.596. The molecule has 1 atom stereocenters. The number of hydrogen-bond acceptors (Lipinski definition) is 3. The molecule has 262 valence electrons. The van der Waals surface area contributed by atoms with Gasteiger partial charge in [-0.05, 0) is 94.9 Å². The molecule has 1 unspecified atom stereocenters. The van der Waals surface area contributed by atoms with Crippen molar-refractivity contribution in [3.05, 3.63) is 193 Å². The smallest absolute Gasteiger partial charge is 0.159 e. The van der Waals surface area contributed by atoms with Crippen molar-refractivity contribution in [3.63, 3.8) is 0 Å². The number of fused-ring (bicyclic) bond motifs is 8. The van der Waals surface area contributed by atoms with Crippen molar-refractivity contribution in [3.8, 4) is 22.3 Å². The predicted octanol–water partition coefficient (Wildman–Crippen LogP) is 14.8. The molecule has 55 heavy (non-hydrogen) atoms. The molecule has 0 radical (unpaired) electrons. The van der Waals surface area contributed by atoms with E-state index >= 15 is 0 Å². The highest BCUT2D eigenvalue weighted by molar-refractivity contribution is 6.23. The van der Waals surface area contributed by atoms with Crippen LogP contribution in [-0.4, -0.2) is 0 Å². The number of nitrogens with zero attached hydrogens (tertiary/aromatic N) is 1. The van der Waals surface area contributed by atoms with Crippen molar-refractivity contribution in [2.75, 3.05) is 4.90 Å².